The number of hydrogen-bond acceptors (Lipinski definition) is 3. The average molecular weight is 197 g/mol. The van der Waals surface area contributed by atoms with Gasteiger partial charge in [0.1, 0.15) is 0 Å². The van der Waals surface area contributed by atoms with E-state index in [1.165, 1.54) is 11.8 Å². The van der Waals surface area contributed by atoms with E-state index in [1.54, 1.807) is 0 Å². The molecule has 1 N–H and O–H groups in total. The second kappa shape index (κ2) is 4.28. The van der Waals surface area contributed by atoms with Gasteiger partial charge in [0.25, 0.3) is 0 Å². The molecule has 13 heavy (non-hydrogen) atoms. The molecular weight excluding hydrogens is 186 g/mol. The number of pyridine rings is 1. The van der Waals surface area contributed by atoms with Crippen LogP contribution in [0.1, 0.15) is 11.3 Å². The number of aromatic nitrogens is 1. The summed E-state index contributed by atoms with van der Waals surface area (Å²) in [6.45, 7) is 3.87. The number of aryl methyl sites for hydroxylation is 2. The van der Waals surface area contributed by atoms with Gasteiger partial charge in [-0.25, -0.2) is 4.98 Å². The minimum absolute atomic E-state index is 0.0654. The van der Waals surface area contributed by atoms with Crippen LogP contribution in [0.5, 0.6) is 0 Å². The molecule has 0 aliphatic carbocycles. The molecule has 0 aliphatic heterocycles. The molecule has 1 aromatic heterocycles. The fourth-order valence-electron chi connectivity index (χ4n) is 1.01. The number of hydrogen-bond donors (Lipinski definition) is 1. The van der Waals surface area contributed by atoms with Crippen molar-refractivity contribution in [3.63, 3.8) is 0 Å². The molecule has 3 nitrogen and oxygen atoms in total. The highest BCUT2D eigenvalue weighted by molar-refractivity contribution is 7.99. The van der Waals surface area contributed by atoms with E-state index in [2.05, 4.69) is 4.98 Å². The molecule has 4 heteroatoms. The van der Waals surface area contributed by atoms with Crippen LogP contribution < -0.4 is 0 Å². The molecule has 0 amide bonds. The predicted octanol–water partition coefficient (Wildman–Crippen LogP) is 1.88. The first-order valence-corrected chi connectivity index (χ1v) is 4.86. The van der Waals surface area contributed by atoms with Crippen LogP contribution in [-0.2, 0) is 4.79 Å². The third-order valence-corrected chi connectivity index (χ3v) is 2.31. The lowest BCUT2D eigenvalue weighted by Crippen LogP contribution is -1.98. The molecule has 0 aliphatic rings. The lowest BCUT2D eigenvalue weighted by atomic mass is 10.3. The standard InChI is InChI=1S/C9H11NO2S/c1-6-3-7(2)10-8(4-6)13-5-9(11)12/h3-4H,5H2,1-2H3,(H,11,12). The molecule has 0 radical (unpaired) electrons. The second-order valence-electron chi connectivity index (χ2n) is 2.81. The first-order valence-electron chi connectivity index (χ1n) is 3.88. The van der Waals surface area contributed by atoms with E-state index in [9.17, 15) is 4.79 Å². The zero-order valence-electron chi connectivity index (χ0n) is 7.57. The van der Waals surface area contributed by atoms with Gasteiger partial charge in [-0.05, 0) is 31.5 Å². The molecule has 1 rings (SSSR count). The summed E-state index contributed by atoms with van der Waals surface area (Å²) in [7, 11) is 0. The third-order valence-electron chi connectivity index (χ3n) is 1.42. The first kappa shape index (κ1) is 10.1. The molecule has 0 fully saturated rings. The Bertz CT molecular complexity index is 305. The Labute approximate surface area is 81.2 Å². The number of carbonyl (C=O) groups is 1. The second-order valence-corrected chi connectivity index (χ2v) is 3.80. The van der Waals surface area contributed by atoms with E-state index in [4.69, 9.17) is 5.11 Å². The zero-order valence-corrected chi connectivity index (χ0v) is 8.39. The van der Waals surface area contributed by atoms with Crippen LogP contribution >= 0.6 is 11.8 Å². The largest absolute Gasteiger partial charge is 0.481 e. The van der Waals surface area contributed by atoms with Gasteiger partial charge >= 0.3 is 5.97 Å². The number of aliphatic carboxylic acids is 1. The van der Waals surface area contributed by atoms with Gasteiger partial charge in [0.15, 0.2) is 0 Å². The quantitative estimate of drug-likeness (QED) is 0.751. The van der Waals surface area contributed by atoms with E-state index < -0.39 is 5.97 Å². The lowest BCUT2D eigenvalue weighted by Gasteiger charge is -2.01. The van der Waals surface area contributed by atoms with Crippen molar-refractivity contribution in [2.75, 3.05) is 5.75 Å². The highest BCUT2D eigenvalue weighted by atomic mass is 32.2. The van der Waals surface area contributed by atoms with Crippen molar-refractivity contribution in [3.8, 4) is 0 Å². The Morgan fingerprint density at radius 1 is 1.54 bits per heavy atom. The highest BCUT2D eigenvalue weighted by Crippen LogP contribution is 2.16. The summed E-state index contributed by atoms with van der Waals surface area (Å²) < 4.78 is 0. The van der Waals surface area contributed by atoms with Crippen LogP contribution in [0.2, 0.25) is 0 Å². The van der Waals surface area contributed by atoms with Gasteiger partial charge in [0, 0.05) is 5.69 Å². The van der Waals surface area contributed by atoms with Gasteiger partial charge in [-0.1, -0.05) is 11.8 Å². The number of rotatable bonds is 3. The Hall–Kier alpha value is -1.03. The fourth-order valence-corrected chi connectivity index (χ4v) is 1.76. The van der Waals surface area contributed by atoms with Crippen LogP contribution in [0.4, 0.5) is 0 Å². The topological polar surface area (TPSA) is 50.2 Å². The number of thioether (sulfide) groups is 1. The van der Waals surface area contributed by atoms with Gasteiger partial charge in [-0.15, -0.1) is 0 Å². The van der Waals surface area contributed by atoms with E-state index >= 15 is 0 Å². The van der Waals surface area contributed by atoms with E-state index in [1.807, 2.05) is 26.0 Å². The monoisotopic (exact) mass is 197 g/mol. The average Bonchev–Trinajstić information content (AvgIpc) is 1.99. The molecule has 0 spiro atoms. The summed E-state index contributed by atoms with van der Waals surface area (Å²) in [5.41, 5.74) is 2.04. The van der Waals surface area contributed by atoms with Gasteiger partial charge in [0.2, 0.25) is 0 Å². The number of carboxylic acids is 1. The zero-order chi connectivity index (χ0) is 9.84. The third kappa shape index (κ3) is 3.46. The Kier molecular flexibility index (Phi) is 3.31. The molecular formula is C9H11NO2S. The van der Waals surface area contributed by atoms with Crippen LogP contribution in [0.3, 0.4) is 0 Å². The van der Waals surface area contributed by atoms with E-state index in [-0.39, 0.29) is 5.75 Å². The number of nitrogens with zero attached hydrogens (tertiary/aromatic N) is 1. The van der Waals surface area contributed by atoms with E-state index in [0.717, 1.165) is 16.3 Å². The lowest BCUT2D eigenvalue weighted by molar-refractivity contribution is -0.133. The first-order chi connectivity index (χ1) is 6.08. The Morgan fingerprint density at radius 2 is 2.23 bits per heavy atom. The Balaban J connectivity index is 2.71. The molecule has 0 bridgehead atoms. The maximum Gasteiger partial charge on any atom is 0.313 e. The maximum atomic E-state index is 10.3. The van der Waals surface area contributed by atoms with Crippen molar-refractivity contribution in [2.24, 2.45) is 0 Å². The molecule has 0 unspecified atom stereocenters. The highest BCUT2D eigenvalue weighted by Gasteiger charge is 2.01. The molecule has 0 saturated heterocycles. The molecule has 0 saturated carbocycles. The van der Waals surface area contributed by atoms with Crippen molar-refractivity contribution in [2.45, 2.75) is 18.9 Å². The van der Waals surface area contributed by atoms with Crippen LogP contribution in [0, 0.1) is 13.8 Å². The van der Waals surface area contributed by atoms with Gasteiger partial charge in [-0.3, -0.25) is 4.79 Å². The predicted molar refractivity (Wildman–Crippen MR) is 52.1 cm³/mol. The van der Waals surface area contributed by atoms with Crippen molar-refractivity contribution in [1.82, 2.24) is 4.98 Å². The molecule has 1 heterocycles. The van der Waals surface area contributed by atoms with Crippen molar-refractivity contribution < 1.29 is 9.90 Å². The minimum Gasteiger partial charge on any atom is -0.481 e. The van der Waals surface area contributed by atoms with Crippen LogP contribution in [0.15, 0.2) is 17.2 Å². The number of carboxylic acid groups (broad SMARTS) is 1. The molecule has 1 aromatic rings. The molecule has 70 valence electrons. The van der Waals surface area contributed by atoms with Crippen molar-refractivity contribution >= 4 is 17.7 Å². The smallest absolute Gasteiger partial charge is 0.313 e. The van der Waals surface area contributed by atoms with Crippen LogP contribution in [0.25, 0.3) is 0 Å². The van der Waals surface area contributed by atoms with E-state index in [0.29, 0.717) is 0 Å². The van der Waals surface area contributed by atoms with Crippen molar-refractivity contribution in [1.29, 1.82) is 0 Å². The molecule has 0 aromatic carbocycles. The summed E-state index contributed by atoms with van der Waals surface area (Å²) in [5, 5.41) is 9.24. The van der Waals surface area contributed by atoms with Gasteiger partial charge in [-0.2, -0.15) is 0 Å². The van der Waals surface area contributed by atoms with Crippen LogP contribution in [-0.4, -0.2) is 21.8 Å². The maximum absolute atomic E-state index is 10.3. The summed E-state index contributed by atoms with van der Waals surface area (Å²) >= 11 is 1.25. The molecule has 0 atom stereocenters. The Morgan fingerprint density at radius 3 is 2.77 bits per heavy atom. The fraction of sp³-hybridized carbons (Fsp3) is 0.333. The minimum atomic E-state index is -0.814. The summed E-state index contributed by atoms with van der Waals surface area (Å²) in [5.74, 6) is -0.749. The van der Waals surface area contributed by atoms with Gasteiger partial charge in [0.05, 0.1) is 10.8 Å². The SMILES string of the molecule is Cc1cc(C)nc(SCC(=O)O)c1. The van der Waals surface area contributed by atoms with Gasteiger partial charge < -0.3 is 5.11 Å². The summed E-state index contributed by atoms with van der Waals surface area (Å²) in [6, 6.07) is 3.85. The van der Waals surface area contributed by atoms with Crippen molar-refractivity contribution in [3.05, 3.63) is 23.4 Å². The summed E-state index contributed by atoms with van der Waals surface area (Å²) in [6.07, 6.45) is 0. The normalized spacial score (nSPS) is 10.0. The summed E-state index contributed by atoms with van der Waals surface area (Å²) in [4.78, 5) is 14.5.